The summed E-state index contributed by atoms with van der Waals surface area (Å²) >= 11 is 0. The number of benzene rings is 1. The van der Waals surface area contributed by atoms with Crippen molar-refractivity contribution >= 4 is 5.91 Å². The predicted octanol–water partition coefficient (Wildman–Crippen LogP) is 5.34. The number of nitrogens with zero attached hydrogens (tertiary/aromatic N) is 3. The molecule has 0 saturated carbocycles. The van der Waals surface area contributed by atoms with Crippen LogP contribution in [0.25, 0.3) is 0 Å². The molecular formula is C26H42N4O2. The summed E-state index contributed by atoms with van der Waals surface area (Å²) in [5.41, 5.74) is 2.72. The number of aryl methyl sites for hydroxylation is 2. The van der Waals surface area contributed by atoms with Gasteiger partial charge in [0.1, 0.15) is 11.4 Å². The fourth-order valence-electron chi connectivity index (χ4n) is 3.85. The number of carbonyl (C=O) groups is 1. The lowest BCUT2D eigenvalue weighted by atomic mass is 10.1. The van der Waals surface area contributed by atoms with Crippen LogP contribution in [0.15, 0.2) is 30.5 Å². The van der Waals surface area contributed by atoms with Crippen molar-refractivity contribution in [1.29, 1.82) is 0 Å². The van der Waals surface area contributed by atoms with E-state index in [1.807, 2.05) is 19.1 Å². The second kappa shape index (κ2) is 13.9. The van der Waals surface area contributed by atoms with E-state index in [4.69, 9.17) is 4.74 Å². The molecule has 0 saturated heterocycles. The molecular weight excluding hydrogens is 400 g/mol. The van der Waals surface area contributed by atoms with Crippen LogP contribution in [0.4, 0.5) is 0 Å². The Kier molecular flexibility index (Phi) is 11.3. The second-order valence-corrected chi connectivity index (χ2v) is 8.87. The third-order valence-corrected chi connectivity index (χ3v) is 5.62. The fraction of sp³-hybridized carbons (Fsp3) is 0.615. The molecule has 0 aliphatic rings. The molecule has 1 N–H and O–H groups in total. The van der Waals surface area contributed by atoms with Crippen molar-refractivity contribution in [1.82, 2.24) is 20.0 Å². The van der Waals surface area contributed by atoms with E-state index < -0.39 is 0 Å². The highest BCUT2D eigenvalue weighted by atomic mass is 16.5. The first-order valence-corrected chi connectivity index (χ1v) is 12.2. The van der Waals surface area contributed by atoms with Gasteiger partial charge in [0.25, 0.3) is 5.91 Å². The van der Waals surface area contributed by atoms with Gasteiger partial charge in [-0.15, -0.1) is 0 Å². The van der Waals surface area contributed by atoms with Gasteiger partial charge in [-0.3, -0.25) is 4.79 Å². The first-order valence-electron chi connectivity index (χ1n) is 12.2. The van der Waals surface area contributed by atoms with Crippen LogP contribution in [0.5, 0.6) is 5.75 Å². The van der Waals surface area contributed by atoms with Crippen molar-refractivity contribution in [3.8, 4) is 5.75 Å². The monoisotopic (exact) mass is 442 g/mol. The number of rotatable bonds is 15. The first kappa shape index (κ1) is 25.9. The van der Waals surface area contributed by atoms with Crippen molar-refractivity contribution in [3.63, 3.8) is 0 Å². The van der Waals surface area contributed by atoms with Crippen LogP contribution in [0.2, 0.25) is 0 Å². The molecule has 1 aromatic heterocycles. The Bertz CT molecular complexity index is 808. The van der Waals surface area contributed by atoms with Gasteiger partial charge in [-0.2, -0.15) is 5.10 Å². The van der Waals surface area contributed by atoms with Crippen molar-refractivity contribution < 1.29 is 9.53 Å². The topological polar surface area (TPSA) is 59.4 Å². The Labute approximate surface area is 194 Å². The number of hydrogen-bond donors (Lipinski definition) is 1. The molecule has 1 atom stereocenters. The molecule has 1 amide bonds. The SMILES string of the molecule is CCCCCN(CCCCC)CC(C)NC(=O)c1ccn(COc2ccc(C)cc2C)n1. The summed E-state index contributed by atoms with van der Waals surface area (Å²) in [6.07, 6.45) is 9.18. The summed E-state index contributed by atoms with van der Waals surface area (Å²) in [5, 5.41) is 7.50. The third-order valence-electron chi connectivity index (χ3n) is 5.62. The third kappa shape index (κ3) is 9.03. The summed E-state index contributed by atoms with van der Waals surface area (Å²) in [7, 11) is 0. The molecule has 0 fully saturated rings. The Morgan fingerprint density at radius 1 is 1.09 bits per heavy atom. The van der Waals surface area contributed by atoms with Gasteiger partial charge in [-0.05, 0) is 64.4 Å². The summed E-state index contributed by atoms with van der Waals surface area (Å²) in [4.78, 5) is 15.2. The van der Waals surface area contributed by atoms with Gasteiger partial charge in [-0.25, -0.2) is 4.68 Å². The zero-order valence-corrected chi connectivity index (χ0v) is 20.7. The van der Waals surface area contributed by atoms with Crippen molar-refractivity contribution in [2.24, 2.45) is 0 Å². The van der Waals surface area contributed by atoms with Gasteiger partial charge in [0.2, 0.25) is 0 Å². The molecule has 32 heavy (non-hydrogen) atoms. The molecule has 1 aromatic carbocycles. The van der Waals surface area contributed by atoms with E-state index >= 15 is 0 Å². The van der Waals surface area contributed by atoms with Gasteiger partial charge in [-0.1, -0.05) is 57.2 Å². The molecule has 6 heteroatoms. The molecule has 1 heterocycles. The van der Waals surface area contributed by atoms with Crippen molar-refractivity contribution in [2.75, 3.05) is 19.6 Å². The molecule has 1 unspecified atom stereocenters. The largest absolute Gasteiger partial charge is 0.471 e. The van der Waals surface area contributed by atoms with Gasteiger partial charge in [0, 0.05) is 18.8 Å². The summed E-state index contributed by atoms with van der Waals surface area (Å²) < 4.78 is 7.51. The van der Waals surface area contributed by atoms with Crippen LogP contribution in [0.1, 0.15) is 80.9 Å². The molecule has 0 spiro atoms. The molecule has 2 rings (SSSR count). The molecule has 0 aliphatic heterocycles. The average Bonchev–Trinajstić information content (AvgIpc) is 3.22. The lowest BCUT2D eigenvalue weighted by Crippen LogP contribution is -2.42. The highest BCUT2D eigenvalue weighted by Crippen LogP contribution is 2.19. The van der Waals surface area contributed by atoms with E-state index in [1.54, 1.807) is 16.9 Å². The molecule has 0 radical (unpaired) electrons. The number of amides is 1. The maximum absolute atomic E-state index is 12.7. The Hall–Kier alpha value is -2.34. The van der Waals surface area contributed by atoms with Crippen LogP contribution >= 0.6 is 0 Å². The van der Waals surface area contributed by atoms with E-state index in [9.17, 15) is 4.79 Å². The van der Waals surface area contributed by atoms with Gasteiger partial charge >= 0.3 is 0 Å². The second-order valence-electron chi connectivity index (χ2n) is 8.87. The van der Waals surface area contributed by atoms with Crippen LogP contribution in [-0.2, 0) is 6.73 Å². The molecule has 2 aromatic rings. The number of carbonyl (C=O) groups excluding carboxylic acids is 1. The average molecular weight is 443 g/mol. The fourth-order valence-corrected chi connectivity index (χ4v) is 3.85. The minimum absolute atomic E-state index is 0.0716. The lowest BCUT2D eigenvalue weighted by molar-refractivity contribution is 0.0921. The Morgan fingerprint density at radius 2 is 1.78 bits per heavy atom. The van der Waals surface area contributed by atoms with Gasteiger partial charge in [0.05, 0.1) is 0 Å². The quantitative estimate of drug-likeness (QED) is 0.378. The van der Waals surface area contributed by atoms with Crippen LogP contribution < -0.4 is 10.1 Å². The smallest absolute Gasteiger partial charge is 0.272 e. The number of ether oxygens (including phenoxy) is 1. The van der Waals surface area contributed by atoms with Crippen LogP contribution in [-0.4, -0.2) is 46.3 Å². The van der Waals surface area contributed by atoms with Gasteiger partial charge < -0.3 is 15.0 Å². The standard InChI is InChI=1S/C26H42N4O2/c1-6-8-10-15-29(16-11-9-7-2)19-23(5)27-26(31)24-14-17-30(28-24)20-32-25-13-12-21(3)18-22(25)4/h12-14,17-18,23H,6-11,15-16,19-20H2,1-5H3,(H,27,31). The van der Waals surface area contributed by atoms with E-state index in [1.165, 1.54) is 44.1 Å². The molecule has 0 bridgehead atoms. The highest BCUT2D eigenvalue weighted by Gasteiger charge is 2.16. The Morgan fingerprint density at radius 3 is 2.41 bits per heavy atom. The zero-order valence-electron chi connectivity index (χ0n) is 20.7. The maximum Gasteiger partial charge on any atom is 0.272 e. The van der Waals surface area contributed by atoms with E-state index in [0.29, 0.717) is 5.69 Å². The molecule has 0 aliphatic carbocycles. The summed E-state index contributed by atoms with van der Waals surface area (Å²) in [6.45, 7) is 14.0. The first-order chi connectivity index (χ1) is 15.4. The highest BCUT2D eigenvalue weighted by molar-refractivity contribution is 5.92. The van der Waals surface area contributed by atoms with Gasteiger partial charge in [0.15, 0.2) is 6.73 Å². The molecule has 178 valence electrons. The van der Waals surface area contributed by atoms with Crippen molar-refractivity contribution in [3.05, 3.63) is 47.3 Å². The molecule has 6 nitrogen and oxygen atoms in total. The maximum atomic E-state index is 12.7. The normalized spacial score (nSPS) is 12.2. The minimum Gasteiger partial charge on any atom is -0.471 e. The Balaban J connectivity index is 1.84. The number of unbranched alkanes of at least 4 members (excludes halogenated alkanes) is 4. The van der Waals surface area contributed by atoms with Crippen LogP contribution in [0, 0.1) is 13.8 Å². The van der Waals surface area contributed by atoms with Crippen molar-refractivity contribution in [2.45, 2.75) is 85.9 Å². The van der Waals surface area contributed by atoms with E-state index in [2.05, 4.69) is 49.1 Å². The van der Waals surface area contributed by atoms with E-state index in [0.717, 1.165) is 30.9 Å². The zero-order chi connectivity index (χ0) is 23.3. The number of nitrogens with one attached hydrogen (secondary N) is 1. The number of hydrogen-bond acceptors (Lipinski definition) is 4. The number of aromatic nitrogens is 2. The minimum atomic E-state index is -0.134. The van der Waals surface area contributed by atoms with E-state index in [-0.39, 0.29) is 18.7 Å². The predicted molar refractivity (Wildman–Crippen MR) is 131 cm³/mol. The van der Waals surface area contributed by atoms with Crippen LogP contribution in [0.3, 0.4) is 0 Å². The lowest BCUT2D eigenvalue weighted by Gasteiger charge is -2.26. The summed E-state index contributed by atoms with van der Waals surface area (Å²) in [6, 6.07) is 7.90. The summed E-state index contributed by atoms with van der Waals surface area (Å²) in [5.74, 6) is 0.696.